The van der Waals surface area contributed by atoms with Crippen LogP contribution in [0.15, 0.2) is 73.5 Å². The number of nitrogens with one attached hydrogen (secondary N) is 3. The number of aryl methyl sites for hydroxylation is 1. The minimum absolute atomic E-state index is 0.346. The molecule has 0 bridgehead atoms. The zero-order valence-corrected chi connectivity index (χ0v) is 21.3. The van der Waals surface area contributed by atoms with Crippen molar-refractivity contribution in [3.05, 3.63) is 101 Å². The highest BCUT2D eigenvalue weighted by Crippen LogP contribution is 2.33. The molecule has 0 spiro atoms. The lowest BCUT2D eigenvalue weighted by molar-refractivity contribution is 0.589. The van der Waals surface area contributed by atoms with E-state index in [2.05, 4.69) is 74.8 Å². The first kappa shape index (κ1) is 23.4. The molecule has 3 N–H and O–H groups in total. The molecule has 5 rings (SSSR count). The van der Waals surface area contributed by atoms with Crippen molar-refractivity contribution in [2.45, 2.75) is 13.8 Å². The van der Waals surface area contributed by atoms with E-state index in [0.717, 1.165) is 43.6 Å². The Morgan fingerprint density at radius 2 is 2.06 bits per heavy atom. The molecule has 2 aromatic heterocycles. The first-order valence-electron chi connectivity index (χ1n) is 11.5. The Bertz CT molecular complexity index is 1560. The molecular formula is C28H27N7S. The van der Waals surface area contributed by atoms with Crippen LogP contribution in [0.2, 0.25) is 0 Å². The third-order valence-corrected chi connectivity index (χ3v) is 7.10. The van der Waals surface area contributed by atoms with Crippen molar-refractivity contribution in [2.75, 3.05) is 24.2 Å². The van der Waals surface area contributed by atoms with Crippen LogP contribution in [0.4, 0.5) is 10.9 Å². The number of anilines is 2. The van der Waals surface area contributed by atoms with Crippen LogP contribution in [0.3, 0.4) is 0 Å². The summed E-state index contributed by atoms with van der Waals surface area (Å²) in [5, 5.41) is 16.3. The van der Waals surface area contributed by atoms with E-state index in [4.69, 9.17) is 5.41 Å². The van der Waals surface area contributed by atoms with Crippen LogP contribution >= 0.6 is 11.3 Å². The SMILES string of the molecule is C=C(C)Nc1nc2ccc(C(=N)c3cncnc3NCC3=Cc4cccc(C)c4C(=C)N3C)cc2s1. The fourth-order valence-electron chi connectivity index (χ4n) is 4.29. The van der Waals surface area contributed by atoms with E-state index in [0.29, 0.717) is 23.6 Å². The number of aromatic nitrogens is 3. The predicted molar refractivity (Wildman–Crippen MR) is 150 cm³/mol. The van der Waals surface area contributed by atoms with Gasteiger partial charge in [0.2, 0.25) is 0 Å². The molecule has 7 nitrogen and oxygen atoms in total. The van der Waals surface area contributed by atoms with Gasteiger partial charge < -0.3 is 15.5 Å². The lowest BCUT2D eigenvalue weighted by Crippen LogP contribution is -2.25. The van der Waals surface area contributed by atoms with Gasteiger partial charge in [0.15, 0.2) is 5.13 Å². The molecule has 36 heavy (non-hydrogen) atoms. The molecule has 0 radical (unpaired) electrons. The zero-order valence-electron chi connectivity index (χ0n) is 20.5. The minimum atomic E-state index is 0.346. The van der Waals surface area contributed by atoms with Gasteiger partial charge in [-0.2, -0.15) is 0 Å². The second-order valence-corrected chi connectivity index (χ2v) is 9.83. The first-order valence-corrected chi connectivity index (χ1v) is 12.3. The van der Waals surface area contributed by atoms with E-state index in [1.54, 1.807) is 6.20 Å². The number of hydrogen-bond donors (Lipinski definition) is 3. The van der Waals surface area contributed by atoms with Gasteiger partial charge in [0.05, 0.1) is 28.0 Å². The molecule has 4 aromatic rings. The Morgan fingerprint density at radius 1 is 1.22 bits per heavy atom. The topological polar surface area (TPSA) is 89.8 Å². The fourth-order valence-corrected chi connectivity index (χ4v) is 5.27. The number of rotatable bonds is 7. The Labute approximate surface area is 214 Å². The summed E-state index contributed by atoms with van der Waals surface area (Å²) in [6.45, 7) is 12.7. The predicted octanol–water partition coefficient (Wildman–Crippen LogP) is 6.13. The maximum atomic E-state index is 8.92. The molecule has 0 unspecified atom stereocenters. The van der Waals surface area contributed by atoms with Crippen LogP contribution in [0.5, 0.6) is 0 Å². The standard InChI is InChI=1S/C28H27N7S/c1-16(2)33-28-34-23-10-9-20(12-24(23)36-28)26(29)22-14-30-15-32-27(22)31-13-21-11-19-8-6-7-17(3)25(19)18(4)35(21)5/h6-12,14-15,29H,1,4,13H2,2-3,5H3,(H,33,34)(H,30,31,32). The molecule has 0 fully saturated rings. The third kappa shape index (κ3) is 4.38. The van der Waals surface area contributed by atoms with E-state index >= 15 is 0 Å². The molecule has 180 valence electrons. The molecule has 3 heterocycles. The number of fused-ring (bicyclic) bond motifs is 2. The maximum Gasteiger partial charge on any atom is 0.188 e. The Balaban J connectivity index is 1.40. The molecule has 8 heteroatoms. The average Bonchev–Trinajstić information content (AvgIpc) is 3.25. The van der Waals surface area contributed by atoms with Gasteiger partial charge in [0, 0.05) is 41.5 Å². The van der Waals surface area contributed by atoms with Gasteiger partial charge in [-0.15, -0.1) is 0 Å². The van der Waals surface area contributed by atoms with Crippen LogP contribution in [0.1, 0.15) is 34.7 Å². The molecule has 1 aliphatic heterocycles. The average molecular weight is 494 g/mol. The molecular weight excluding hydrogens is 466 g/mol. The van der Waals surface area contributed by atoms with E-state index in [9.17, 15) is 0 Å². The Morgan fingerprint density at radius 3 is 2.86 bits per heavy atom. The third-order valence-electron chi connectivity index (χ3n) is 6.17. The van der Waals surface area contributed by atoms with Gasteiger partial charge in [-0.3, -0.25) is 5.41 Å². The van der Waals surface area contributed by atoms with Crippen LogP contribution in [-0.2, 0) is 0 Å². The normalized spacial score (nSPS) is 12.8. The number of hydrogen-bond acceptors (Lipinski definition) is 8. The summed E-state index contributed by atoms with van der Waals surface area (Å²) in [6.07, 6.45) is 5.35. The van der Waals surface area contributed by atoms with Crippen molar-refractivity contribution in [3.8, 4) is 0 Å². The quantitative estimate of drug-likeness (QED) is 0.269. The number of nitrogens with zero attached hydrogens (tertiary/aromatic N) is 4. The molecule has 0 saturated carbocycles. The van der Waals surface area contributed by atoms with Crippen molar-refractivity contribution in [2.24, 2.45) is 0 Å². The van der Waals surface area contributed by atoms with Gasteiger partial charge in [-0.1, -0.05) is 48.8 Å². The first-order chi connectivity index (χ1) is 17.3. The summed E-state index contributed by atoms with van der Waals surface area (Å²) in [4.78, 5) is 15.3. The second kappa shape index (κ2) is 9.39. The molecule has 0 aliphatic carbocycles. The van der Waals surface area contributed by atoms with E-state index < -0.39 is 0 Å². The van der Waals surface area contributed by atoms with Gasteiger partial charge in [0.1, 0.15) is 12.1 Å². The summed E-state index contributed by atoms with van der Waals surface area (Å²) in [7, 11) is 2.02. The molecule has 2 aromatic carbocycles. The maximum absolute atomic E-state index is 8.92. The number of thiazole rings is 1. The second-order valence-electron chi connectivity index (χ2n) is 8.80. The van der Waals surface area contributed by atoms with Crippen LogP contribution in [0, 0.1) is 12.3 Å². The summed E-state index contributed by atoms with van der Waals surface area (Å²) in [6, 6.07) is 12.1. The highest BCUT2D eigenvalue weighted by Gasteiger charge is 2.21. The number of likely N-dealkylation sites (N-methyl/N-ethyl adjacent to an activating group) is 1. The minimum Gasteiger partial charge on any atom is -0.364 e. The summed E-state index contributed by atoms with van der Waals surface area (Å²) in [5.41, 5.74) is 9.05. The molecule has 0 amide bonds. The van der Waals surface area contributed by atoms with Crippen LogP contribution in [0.25, 0.3) is 22.0 Å². The smallest absolute Gasteiger partial charge is 0.188 e. The zero-order chi connectivity index (χ0) is 25.4. The Hall–Kier alpha value is -4.30. The highest BCUT2D eigenvalue weighted by molar-refractivity contribution is 7.22. The number of benzene rings is 2. The van der Waals surface area contributed by atoms with Crippen molar-refractivity contribution in [1.29, 1.82) is 5.41 Å². The van der Waals surface area contributed by atoms with Gasteiger partial charge in [-0.25, -0.2) is 15.0 Å². The number of allylic oxidation sites excluding steroid dienone is 1. The fraction of sp³-hybridized carbons (Fsp3) is 0.143. The molecule has 1 aliphatic rings. The monoisotopic (exact) mass is 493 g/mol. The van der Waals surface area contributed by atoms with E-state index in [1.165, 1.54) is 28.8 Å². The van der Waals surface area contributed by atoms with Crippen molar-refractivity contribution in [1.82, 2.24) is 19.9 Å². The largest absolute Gasteiger partial charge is 0.364 e. The molecule has 0 atom stereocenters. The lowest BCUT2D eigenvalue weighted by atomic mass is 9.94. The van der Waals surface area contributed by atoms with Crippen LogP contribution in [-0.4, -0.2) is 39.2 Å². The lowest BCUT2D eigenvalue weighted by Gasteiger charge is -2.31. The van der Waals surface area contributed by atoms with Crippen molar-refractivity contribution < 1.29 is 0 Å². The van der Waals surface area contributed by atoms with Gasteiger partial charge in [-0.05, 0) is 43.2 Å². The van der Waals surface area contributed by atoms with Crippen molar-refractivity contribution in [3.63, 3.8) is 0 Å². The van der Waals surface area contributed by atoms with E-state index in [1.807, 2.05) is 32.2 Å². The van der Waals surface area contributed by atoms with Crippen LogP contribution < -0.4 is 10.6 Å². The van der Waals surface area contributed by atoms with Gasteiger partial charge in [0.25, 0.3) is 0 Å². The van der Waals surface area contributed by atoms with Gasteiger partial charge >= 0.3 is 0 Å². The summed E-state index contributed by atoms with van der Waals surface area (Å²) in [5.74, 6) is 0.610. The Kier molecular flexibility index (Phi) is 6.12. The summed E-state index contributed by atoms with van der Waals surface area (Å²) >= 11 is 1.53. The van der Waals surface area contributed by atoms with Crippen molar-refractivity contribution >= 4 is 50.0 Å². The highest BCUT2D eigenvalue weighted by atomic mass is 32.1. The van der Waals surface area contributed by atoms with E-state index in [-0.39, 0.29) is 0 Å². The summed E-state index contributed by atoms with van der Waals surface area (Å²) < 4.78 is 0.994. The molecule has 0 saturated heterocycles.